The quantitative estimate of drug-likeness (QED) is 0.409. The van der Waals surface area contributed by atoms with Gasteiger partial charge in [-0.05, 0) is 12.8 Å². The van der Waals surface area contributed by atoms with Gasteiger partial charge in [-0.3, -0.25) is 0 Å². The minimum Gasteiger partial charge on any atom is -0.394 e. The van der Waals surface area contributed by atoms with E-state index in [0.29, 0.717) is 6.42 Å². The monoisotopic (exact) mass is 200 g/mol. The first kappa shape index (κ1) is 12.7. The molecule has 13 heavy (non-hydrogen) atoms. The summed E-state index contributed by atoms with van der Waals surface area (Å²) in [7, 11) is -1.22. The molecule has 3 heteroatoms. The first-order chi connectivity index (χ1) is 5.95. The van der Waals surface area contributed by atoms with E-state index in [9.17, 15) is 0 Å². The Balaban J connectivity index is 3.49. The largest absolute Gasteiger partial charge is 0.394 e. The summed E-state index contributed by atoms with van der Waals surface area (Å²) in [5.41, 5.74) is 3.26. The highest BCUT2D eigenvalue weighted by Gasteiger charge is 2.07. The summed E-state index contributed by atoms with van der Waals surface area (Å²) in [6.45, 7) is 6.50. The topological polar surface area (TPSA) is 40.5 Å². The Morgan fingerprint density at radius 2 is 1.92 bits per heavy atom. The fourth-order valence-electron chi connectivity index (χ4n) is 0.845. The van der Waals surface area contributed by atoms with Gasteiger partial charge in [-0.15, -0.1) is 11.5 Å². The molecule has 0 unspecified atom stereocenters. The van der Waals surface area contributed by atoms with Crippen LogP contribution >= 0.6 is 0 Å². The van der Waals surface area contributed by atoms with E-state index in [-0.39, 0.29) is 6.61 Å². The van der Waals surface area contributed by atoms with Gasteiger partial charge in [0.2, 0.25) is 0 Å². The summed E-state index contributed by atoms with van der Waals surface area (Å²) >= 11 is 0. The summed E-state index contributed by atoms with van der Waals surface area (Å²) in [6, 6.07) is 0. The highest BCUT2D eigenvalue weighted by atomic mass is 28.3. The molecule has 0 aromatic carbocycles. The van der Waals surface area contributed by atoms with E-state index in [1.54, 1.807) is 0 Å². The predicted octanol–water partition coefficient (Wildman–Crippen LogP) is 1.39. The van der Waals surface area contributed by atoms with E-state index >= 15 is 0 Å². The van der Waals surface area contributed by atoms with Crippen LogP contribution in [0.5, 0.6) is 0 Å². The lowest BCUT2D eigenvalue weighted by Gasteiger charge is -2.05. The van der Waals surface area contributed by atoms with Gasteiger partial charge >= 0.3 is 0 Å². The zero-order valence-electron chi connectivity index (χ0n) is 8.80. The van der Waals surface area contributed by atoms with Gasteiger partial charge in [0.25, 0.3) is 0 Å². The van der Waals surface area contributed by atoms with Crippen LogP contribution in [0.4, 0.5) is 0 Å². The van der Waals surface area contributed by atoms with Crippen LogP contribution in [0.3, 0.4) is 0 Å². The van der Waals surface area contributed by atoms with E-state index in [1.807, 2.05) is 0 Å². The molecule has 2 nitrogen and oxygen atoms in total. The molecule has 0 rings (SSSR count). The molecule has 0 spiro atoms. The lowest BCUT2D eigenvalue weighted by molar-refractivity contribution is 0.0870. The Kier molecular flexibility index (Phi) is 6.05. The number of hydrogen-bond donors (Lipinski definition) is 2. The van der Waals surface area contributed by atoms with Crippen LogP contribution in [0, 0.1) is 11.5 Å². The van der Waals surface area contributed by atoms with Crippen molar-refractivity contribution in [3.8, 4) is 11.5 Å². The molecular formula is C10H20O2Si. The van der Waals surface area contributed by atoms with Crippen LogP contribution in [0.2, 0.25) is 19.6 Å². The maximum absolute atomic E-state index is 9.03. The zero-order chi connectivity index (χ0) is 10.3. The standard InChI is InChI=1S/C10H20O2Si/c1-13(2,3)8-6-4-5-7-10(12)9-11/h10-12H,4-5,7,9H2,1-3H3/t10-/m0/s1. The summed E-state index contributed by atoms with van der Waals surface area (Å²) in [5.74, 6) is 3.12. The first-order valence-electron chi connectivity index (χ1n) is 4.74. The van der Waals surface area contributed by atoms with Crippen LogP contribution in [0.15, 0.2) is 0 Å². The molecule has 0 aromatic rings. The van der Waals surface area contributed by atoms with Gasteiger partial charge in [0.1, 0.15) is 8.07 Å². The van der Waals surface area contributed by atoms with Crippen molar-refractivity contribution in [1.82, 2.24) is 0 Å². The van der Waals surface area contributed by atoms with Crippen LogP contribution in [0.1, 0.15) is 19.3 Å². The molecule has 0 saturated carbocycles. The van der Waals surface area contributed by atoms with Crippen LogP contribution in [0.25, 0.3) is 0 Å². The fraction of sp³-hybridized carbons (Fsp3) is 0.800. The highest BCUT2D eigenvalue weighted by Crippen LogP contribution is 2.01. The molecular weight excluding hydrogens is 180 g/mol. The maximum Gasteiger partial charge on any atom is 0.129 e. The Morgan fingerprint density at radius 3 is 2.38 bits per heavy atom. The lowest BCUT2D eigenvalue weighted by atomic mass is 10.2. The van der Waals surface area contributed by atoms with Crippen LogP contribution in [-0.4, -0.2) is 31.0 Å². The average Bonchev–Trinajstić information content (AvgIpc) is 2.01. The van der Waals surface area contributed by atoms with Gasteiger partial charge in [0.05, 0.1) is 12.7 Å². The van der Waals surface area contributed by atoms with Crippen LogP contribution < -0.4 is 0 Å². The predicted molar refractivity (Wildman–Crippen MR) is 58.1 cm³/mol. The van der Waals surface area contributed by atoms with Crippen LogP contribution in [-0.2, 0) is 0 Å². The van der Waals surface area contributed by atoms with Gasteiger partial charge in [-0.2, -0.15) is 0 Å². The molecule has 2 N–H and O–H groups in total. The summed E-state index contributed by atoms with van der Waals surface area (Å²) in [6.07, 6.45) is 1.80. The molecule has 0 aromatic heterocycles. The molecule has 0 aliphatic heterocycles. The lowest BCUT2D eigenvalue weighted by Crippen LogP contribution is -2.16. The Hall–Kier alpha value is -0.303. The smallest absolute Gasteiger partial charge is 0.129 e. The molecule has 0 radical (unpaired) electrons. The van der Waals surface area contributed by atoms with E-state index < -0.39 is 14.2 Å². The van der Waals surface area contributed by atoms with Gasteiger partial charge in [0, 0.05) is 6.42 Å². The molecule has 0 amide bonds. The van der Waals surface area contributed by atoms with Gasteiger partial charge < -0.3 is 10.2 Å². The number of rotatable bonds is 4. The van der Waals surface area contributed by atoms with Crippen molar-refractivity contribution in [2.24, 2.45) is 0 Å². The third kappa shape index (κ3) is 9.61. The van der Waals surface area contributed by atoms with E-state index in [1.165, 1.54) is 0 Å². The molecule has 0 fully saturated rings. The SMILES string of the molecule is C[Si](C)(C)C#CCCC[C@H](O)CO. The number of unbranched alkanes of at least 4 members (excludes halogenated alkanes) is 1. The third-order valence-corrected chi connectivity index (χ3v) is 2.44. The molecule has 1 atom stereocenters. The van der Waals surface area contributed by atoms with Crippen molar-refractivity contribution in [2.75, 3.05) is 6.61 Å². The second-order valence-electron chi connectivity index (χ2n) is 4.28. The van der Waals surface area contributed by atoms with Crippen molar-refractivity contribution in [3.63, 3.8) is 0 Å². The Labute approximate surface area is 82.0 Å². The second-order valence-corrected chi connectivity index (χ2v) is 9.03. The van der Waals surface area contributed by atoms with Crippen molar-refractivity contribution < 1.29 is 10.2 Å². The molecule has 0 aliphatic rings. The fourth-order valence-corrected chi connectivity index (χ4v) is 1.50. The number of aliphatic hydroxyl groups is 2. The Morgan fingerprint density at radius 1 is 1.31 bits per heavy atom. The van der Waals surface area contributed by atoms with Gasteiger partial charge in [-0.1, -0.05) is 19.6 Å². The third-order valence-electron chi connectivity index (χ3n) is 1.51. The number of aliphatic hydroxyl groups excluding tert-OH is 2. The van der Waals surface area contributed by atoms with Gasteiger partial charge in [-0.25, -0.2) is 0 Å². The van der Waals surface area contributed by atoms with Gasteiger partial charge in [0.15, 0.2) is 0 Å². The summed E-state index contributed by atoms with van der Waals surface area (Å²) < 4.78 is 0. The normalized spacial score (nSPS) is 13.3. The van der Waals surface area contributed by atoms with Crippen molar-refractivity contribution in [1.29, 1.82) is 0 Å². The minimum absolute atomic E-state index is 0.137. The number of hydrogen-bond acceptors (Lipinski definition) is 2. The van der Waals surface area contributed by atoms with Crippen molar-refractivity contribution >= 4 is 8.07 Å². The van der Waals surface area contributed by atoms with E-state index in [4.69, 9.17) is 10.2 Å². The Bertz CT molecular complexity index is 185. The second kappa shape index (κ2) is 6.20. The summed E-state index contributed by atoms with van der Waals surface area (Å²) in [4.78, 5) is 0. The highest BCUT2D eigenvalue weighted by molar-refractivity contribution is 6.83. The molecule has 0 heterocycles. The first-order valence-corrected chi connectivity index (χ1v) is 8.24. The van der Waals surface area contributed by atoms with Crippen molar-refractivity contribution in [2.45, 2.75) is 45.0 Å². The molecule has 76 valence electrons. The molecule has 0 aliphatic carbocycles. The molecule has 0 saturated heterocycles. The van der Waals surface area contributed by atoms with E-state index in [0.717, 1.165) is 12.8 Å². The molecule has 0 bridgehead atoms. The zero-order valence-corrected chi connectivity index (χ0v) is 9.80. The van der Waals surface area contributed by atoms with Crippen molar-refractivity contribution in [3.05, 3.63) is 0 Å². The average molecular weight is 200 g/mol. The van der Waals surface area contributed by atoms with E-state index in [2.05, 4.69) is 31.1 Å². The maximum atomic E-state index is 9.03. The summed E-state index contributed by atoms with van der Waals surface area (Å²) in [5, 5.41) is 17.6. The minimum atomic E-state index is -1.22.